The summed E-state index contributed by atoms with van der Waals surface area (Å²) in [5, 5.41) is 0. The van der Waals surface area contributed by atoms with Crippen molar-refractivity contribution >= 4 is 17.8 Å². The average Bonchev–Trinajstić information content (AvgIpc) is 3.10. The molecule has 1 atom stereocenters. The summed E-state index contributed by atoms with van der Waals surface area (Å²) in [6, 6.07) is 16.2. The van der Waals surface area contributed by atoms with E-state index < -0.39 is 0 Å². The Morgan fingerprint density at radius 2 is 1.91 bits per heavy atom. The first-order valence-corrected chi connectivity index (χ1v) is 7.92. The third-order valence-electron chi connectivity index (χ3n) is 4.29. The Morgan fingerprint density at radius 3 is 2.70 bits per heavy atom. The first kappa shape index (κ1) is 13.9. The first-order valence-electron chi connectivity index (χ1n) is 7.92. The fraction of sp³-hybridized carbons (Fsp3) is 0.200. The molecule has 1 heterocycles. The van der Waals surface area contributed by atoms with Crippen molar-refractivity contribution in [1.82, 2.24) is 0 Å². The summed E-state index contributed by atoms with van der Waals surface area (Å²) < 4.78 is 5.97. The van der Waals surface area contributed by atoms with Gasteiger partial charge in [-0.3, -0.25) is 9.79 Å². The van der Waals surface area contributed by atoms with Crippen LogP contribution in [-0.4, -0.2) is 12.0 Å². The zero-order valence-electron chi connectivity index (χ0n) is 12.7. The maximum atomic E-state index is 11.9. The van der Waals surface area contributed by atoms with Crippen molar-refractivity contribution in [1.29, 1.82) is 0 Å². The highest BCUT2D eigenvalue weighted by molar-refractivity contribution is 6.00. The van der Waals surface area contributed by atoms with Gasteiger partial charge in [-0.15, -0.1) is 0 Å². The van der Waals surface area contributed by atoms with Gasteiger partial charge in [0.25, 0.3) is 0 Å². The SMILES string of the molecule is O=C1C=C(Oc2ccc(C3CCC=N3)cc2)c2ccccc2C1.[HH].[HH]. The molecule has 0 fully saturated rings. The number of carbonyl (C=O) groups is 1. The average molecular weight is 307 g/mol. The van der Waals surface area contributed by atoms with E-state index in [4.69, 9.17) is 4.74 Å². The standard InChI is InChI=1S/C20H17NO2.2H2/c22-16-12-15-4-1-2-5-18(15)20(13-16)23-17-9-7-14(8-10-17)19-6-3-11-21-19;;/h1-2,4-5,7-11,13,19H,3,6,12H2;2*1H. The lowest BCUT2D eigenvalue weighted by Gasteiger charge is -2.18. The second kappa shape index (κ2) is 5.84. The number of nitrogens with zero attached hydrogens (tertiary/aromatic N) is 1. The van der Waals surface area contributed by atoms with E-state index in [0.717, 1.165) is 29.7 Å². The van der Waals surface area contributed by atoms with Crippen LogP contribution >= 0.6 is 0 Å². The van der Waals surface area contributed by atoms with Crippen molar-refractivity contribution in [2.75, 3.05) is 0 Å². The molecule has 3 heteroatoms. The molecule has 2 aromatic carbocycles. The Balaban J connectivity index is 0.00000113. The van der Waals surface area contributed by atoms with E-state index in [9.17, 15) is 4.79 Å². The molecule has 23 heavy (non-hydrogen) atoms. The zero-order chi connectivity index (χ0) is 15.6. The maximum absolute atomic E-state index is 11.9. The molecule has 4 rings (SSSR count). The first-order chi connectivity index (χ1) is 11.3. The van der Waals surface area contributed by atoms with E-state index in [0.29, 0.717) is 12.2 Å². The molecule has 1 aliphatic carbocycles. The molecule has 0 aromatic heterocycles. The lowest BCUT2D eigenvalue weighted by molar-refractivity contribution is -0.114. The van der Waals surface area contributed by atoms with Crippen LogP contribution in [0, 0.1) is 0 Å². The van der Waals surface area contributed by atoms with Gasteiger partial charge in [-0.2, -0.15) is 0 Å². The molecule has 1 aliphatic heterocycles. The van der Waals surface area contributed by atoms with E-state index >= 15 is 0 Å². The molecule has 0 radical (unpaired) electrons. The van der Waals surface area contributed by atoms with Crippen LogP contribution in [0.25, 0.3) is 5.76 Å². The minimum absolute atomic E-state index is 0. The summed E-state index contributed by atoms with van der Waals surface area (Å²) in [7, 11) is 0. The third kappa shape index (κ3) is 2.82. The number of allylic oxidation sites excluding steroid dienone is 1. The number of hydrogen-bond donors (Lipinski definition) is 0. The van der Waals surface area contributed by atoms with Crippen molar-refractivity contribution in [3.05, 3.63) is 71.3 Å². The molecular formula is C20H21NO2. The second-order valence-electron chi connectivity index (χ2n) is 5.90. The molecule has 0 amide bonds. The summed E-state index contributed by atoms with van der Waals surface area (Å²) >= 11 is 0. The minimum Gasteiger partial charge on any atom is -0.457 e. The monoisotopic (exact) mass is 307 g/mol. The highest BCUT2D eigenvalue weighted by Gasteiger charge is 2.19. The van der Waals surface area contributed by atoms with E-state index in [2.05, 4.69) is 17.1 Å². The fourth-order valence-electron chi connectivity index (χ4n) is 3.11. The summed E-state index contributed by atoms with van der Waals surface area (Å²) in [6.45, 7) is 0. The number of aliphatic imine (C=N–C) groups is 1. The fourth-order valence-corrected chi connectivity index (χ4v) is 3.11. The molecule has 0 bridgehead atoms. The molecule has 0 saturated carbocycles. The molecule has 0 spiro atoms. The molecule has 3 nitrogen and oxygen atoms in total. The van der Waals surface area contributed by atoms with E-state index in [1.54, 1.807) is 6.08 Å². The van der Waals surface area contributed by atoms with Gasteiger partial charge in [0, 0.05) is 20.9 Å². The lowest BCUT2D eigenvalue weighted by Crippen LogP contribution is -2.12. The van der Waals surface area contributed by atoms with Crippen molar-refractivity contribution in [3.63, 3.8) is 0 Å². The van der Waals surface area contributed by atoms with Crippen molar-refractivity contribution in [2.45, 2.75) is 25.3 Å². The Labute approximate surface area is 138 Å². The van der Waals surface area contributed by atoms with Crippen LogP contribution in [0.3, 0.4) is 0 Å². The van der Waals surface area contributed by atoms with Crippen LogP contribution in [-0.2, 0) is 11.2 Å². The third-order valence-corrected chi connectivity index (χ3v) is 4.29. The second-order valence-corrected chi connectivity index (χ2v) is 5.90. The predicted molar refractivity (Wildman–Crippen MR) is 94.9 cm³/mol. The van der Waals surface area contributed by atoms with E-state index in [1.807, 2.05) is 42.6 Å². The van der Waals surface area contributed by atoms with Crippen molar-refractivity contribution in [3.8, 4) is 5.75 Å². The topological polar surface area (TPSA) is 38.7 Å². The summed E-state index contributed by atoms with van der Waals surface area (Å²) in [6.07, 6.45) is 6.16. The lowest BCUT2D eigenvalue weighted by atomic mass is 9.95. The van der Waals surface area contributed by atoms with Gasteiger partial charge < -0.3 is 4.74 Å². The molecule has 1 unspecified atom stereocenters. The predicted octanol–water partition coefficient (Wildman–Crippen LogP) is 4.63. The normalized spacial score (nSPS) is 19.4. The van der Waals surface area contributed by atoms with Crippen LogP contribution in [0.1, 0.15) is 38.4 Å². The number of hydrogen-bond acceptors (Lipinski definition) is 3. The number of fused-ring (bicyclic) bond motifs is 1. The zero-order valence-corrected chi connectivity index (χ0v) is 12.7. The molecule has 118 valence electrons. The van der Waals surface area contributed by atoms with Crippen LogP contribution < -0.4 is 4.74 Å². The number of carbonyl (C=O) groups excluding carboxylic acids is 1. The molecule has 2 aliphatic rings. The van der Waals surface area contributed by atoms with Gasteiger partial charge in [0.2, 0.25) is 0 Å². The molecular weight excluding hydrogens is 286 g/mol. The van der Waals surface area contributed by atoms with Crippen LogP contribution in [0.5, 0.6) is 5.75 Å². The van der Waals surface area contributed by atoms with Gasteiger partial charge in [0.15, 0.2) is 5.78 Å². The smallest absolute Gasteiger partial charge is 0.163 e. The van der Waals surface area contributed by atoms with E-state index in [-0.39, 0.29) is 14.7 Å². The van der Waals surface area contributed by atoms with Gasteiger partial charge in [0.05, 0.1) is 6.04 Å². The number of benzene rings is 2. The van der Waals surface area contributed by atoms with Gasteiger partial charge >= 0.3 is 0 Å². The summed E-state index contributed by atoms with van der Waals surface area (Å²) in [5.74, 6) is 1.45. The van der Waals surface area contributed by atoms with Gasteiger partial charge in [0.1, 0.15) is 11.5 Å². The Kier molecular flexibility index (Phi) is 3.54. The Bertz CT molecular complexity index is 813. The van der Waals surface area contributed by atoms with Crippen molar-refractivity contribution in [2.24, 2.45) is 4.99 Å². The van der Waals surface area contributed by atoms with Crippen LogP contribution in [0.15, 0.2) is 59.6 Å². The maximum Gasteiger partial charge on any atom is 0.163 e. The van der Waals surface area contributed by atoms with Crippen LogP contribution in [0.2, 0.25) is 0 Å². The highest BCUT2D eigenvalue weighted by atomic mass is 16.5. The van der Waals surface area contributed by atoms with Gasteiger partial charge in [-0.1, -0.05) is 36.4 Å². The Morgan fingerprint density at radius 1 is 1.09 bits per heavy atom. The Hall–Kier alpha value is -2.68. The molecule has 2 aromatic rings. The number of rotatable bonds is 3. The summed E-state index contributed by atoms with van der Waals surface area (Å²) in [4.78, 5) is 16.4. The van der Waals surface area contributed by atoms with Crippen molar-refractivity contribution < 1.29 is 12.4 Å². The largest absolute Gasteiger partial charge is 0.457 e. The minimum atomic E-state index is 0. The number of ether oxygens (including phenoxy) is 1. The molecule has 0 N–H and O–H groups in total. The summed E-state index contributed by atoms with van der Waals surface area (Å²) in [5.41, 5.74) is 3.23. The van der Waals surface area contributed by atoms with E-state index in [1.165, 1.54) is 5.56 Å². The van der Waals surface area contributed by atoms with Crippen LogP contribution in [0.4, 0.5) is 0 Å². The van der Waals surface area contributed by atoms with Gasteiger partial charge in [-0.25, -0.2) is 0 Å². The number of ketones is 1. The quantitative estimate of drug-likeness (QED) is 0.829. The molecule has 0 saturated heterocycles. The van der Waals surface area contributed by atoms with Gasteiger partial charge in [-0.05, 0) is 42.3 Å². The highest BCUT2D eigenvalue weighted by Crippen LogP contribution is 2.30.